The summed E-state index contributed by atoms with van der Waals surface area (Å²) in [6, 6.07) is 9.34. The van der Waals surface area contributed by atoms with Crippen LogP contribution in [0.15, 0.2) is 43.0 Å². The first kappa shape index (κ1) is 24.0. The van der Waals surface area contributed by atoms with Crippen molar-refractivity contribution in [2.45, 2.75) is 62.7 Å². The minimum Gasteiger partial charge on any atom is -0.388 e. The summed E-state index contributed by atoms with van der Waals surface area (Å²) in [4.78, 5) is 23.7. The Morgan fingerprint density at radius 1 is 1.09 bits per heavy atom. The van der Waals surface area contributed by atoms with Gasteiger partial charge in [0.05, 0.1) is 18.5 Å². The highest BCUT2D eigenvalue weighted by atomic mass is 16.6. The zero-order valence-electron chi connectivity index (χ0n) is 18.8. The monoisotopic (exact) mass is 469 g/mol. The number of ether oxygens (including phenoxy) is 1. The molecular weight excluding hydrogens is 438 g/mol. The van der Waals surface area contributed by atoms with E-state index in [0.29, 0.717) is 30.4 Å². The molecule has 0 radical (unpaired) electrons. The van der Waals surface area contributed by atoms with Crippen molar-refractivity contribution in [3.63, 3.8) is 0 Å². The van der Waals surface area contributed by atoms with Crippen LogP contribution in [0.1, 0.15) is 37.5 Å². The molecule has 1 aromatic carbocycles. The van der Waals surface area contributed by atoms with Crippen LogP contribution in [-0.2, 0) is 16.0 Å². The Morgan fingerprint density at radius 2 is 1.85 bits per heavy atom. The lowest BCUT2D eigenvalue weighted by Crippen LogP contribution is -2.37. The number of imidazole rings is 1. The van der Waals surface area contributed by atoms with Gasteiger partial charge in [0.25, 0.3) is 0 Å². The van der Waals surface area contributed by atoms with Gasteiger partial charge in [-0.25, -0.2) is 15.0 Å². The molecule has 1 aliphatic heterocycles. The van der Waals surface area contributed by atoms with Crippen LogP contribution in [0.3, 0.4) is 0 Å². The molecule has 1 aliphatic rings. The van der Waals surface area contributed by atoms with Crippen molar-refractivity contribution in [2.75, 3.05) is 5.73 Å². The number of carbonyl (C=O) groups excluding carboxylic acids is 1. The predicted molar refractivity (Wildman–Crippen MR) is 125 cm³/mol. The van der Waals surface area contributed by atoms with Crippen LogP contribution < -0.4 is 17.2 Å². The number of aliphatic hydroxyl groups excluding tert-OH is 2. The van der Waals surface area contributed by atoms with Crippen LogP contribution in [0.5, 0.6) is 0 Å². The lowest BCUT2D eigenvalue weighted by atomic mass is 9.87. The molecule has 8 N–H and O–H groups in total. The van der Waals surface area contributed by atoms with Crippen LogP contribution in [0.2, 0.25) is 0 Å². The Labute approximate surface area is 197 Å². The zero-order valence-corrected chi connectivity index (χ0v) is 18.8. The molecule has 1 unspecified atom stereocenters. The topological polar surface area (TPSA) is 188 Å². The highest BCUT2D eigenvalue weighted by Gasteiger charge is 2.44. The van der Waals surface area contributed by atoms with E-state index in [9.17, 15) is 15.0 Å². The molecule has 2 aromatic heterocycles. The maximum absolute atomic E-state index is 11.4. The number of nitrogen functional groups attached to an aromatic ring is 1. The fourth-order valence-corrected chi connectivity index (χ4v) is 4.49. The van der Waals surface area contributed by atoms with Gasteiger partial charge in [-0.2, -0.15) is 0 Å². The highest BCUT2D eigenvalue weighted by Crippen LogP contribution is 2.36. The fraction of sp³-hybridized carbons (Fsp3) is 0.478. The van der Waals surface area contributed by atoms with Gasteiger partial charge in [0.15, 0.2) is 17.7 Å². The number of benzene rings is 1. The molecule has 1 fully saturated rings. The zero-order chi connectivity index (χ0) is 24.2. The second-order valence-corrected chi connectivity index (χ2v) is 8.84. The number of aliphatic hydroxyl groups is 2. The van der Waals surface area contributed by atoms with Gasteiger partial charge in [-0.15, -0.1) is 0 Å². The number of carbonyl (C=O) groups is 1. The third-order valence-electron chi connectivity index (χ3n) is 6.50. The van der Waals surface area contributed by atoms with E-state index in [0.717, 1.165) is 12.8 Å². The summed E-state index contributed by atoms with van der Waals surface area (Å²) in [5.74, 6) is -0.225. The van der Waals surface area contributed by atoms with E-state index in [2.05, 4.69) is 27.1 Å². The Balaban J connectivity index is 1.48. The lowest BCUT2D eigenvalue weighted by Gasteiger charge is -2.23. The molecule has 3 aromatic rings. The van der Waals surface area contributed by atoms with Gasteiger partial charge in [-0.05, 0) is 43.6 Å². The number of anilines is 1. The van der Waals surface area contributed by atoms with E-state index in [4.69, 9.17) is 21.9 Å². The third kappa shape index (κ3) is 5.17. The van der Waals surface area contributed by atoms with Crippen LogP contribution in [0.4, 0.5) is 5.82 Å². The van der Waals surface area contributed by atoms with Crippen LogP contribution >= 0.6 is 0 Å². The molecule has 0 aliphatic carbocycles. The quantitative estimate of drug-likeness (QED) is 0.277. The van der Waals surface area contributed by atoms with Crippen LogP contribution in [0, 0.1) is 5.92 Å². The van der Waals surface area contributed by atoms with Crippen molar-refractivity contribution in [2.24, 2.45) is 17.4 Å². The van der Waals surface area contributed by atoms with Gasteiger partial charge in [0, 0.05) is 0 Å². The molecule has 0 bridgehead atoms. The number of nitrogens with zero attached hydrogens (tertiary/aromatic N) is 4. The molecule has 6 atom stereocenters. The van der Waals surface area contributed by atoms with Crippen LogP contribution in [-0.4, -0.2) is 60.0 Å². The smallest absolute Gasteiger partial charge is 0.234 e. The Morgan fingerprint density at radius 3 is 2.59 bits per heavy atom. The molecule has 1 saturated heterocycles. The van der Waals surface area contributed by atoms with Gasteiger partial charge >= 0.3 is 0 Å². The molecular formula is C23H31N7O4. The summed E-state index contributed by atoms with van der Waals surface area (Å²) in [6.45, 7) is 0. The SMILES string of the molecule is NC(=O)[C@@H](N)CC[C@H](CCc1ccccc1)C[C@H]1O[C@@H](n2cnc3c(N)ncnc32)C(O)[C@H]1O. The summed E-state index contributed by atoms with van der Waals surface area (Å²) < 4.78 is 7.67. The summed E-state index contributed by atoms with van der Waals surface area (Å²) >= 11 is 0. The van der Waals surface area contributed by atoms with Gasteiger partial charge in [0.1, 0.15) is 24.1 Å². The predicted octanol–water partition coefficient (Wildman–Crippen LogP) is 0.260. The van der Waals surface area contributed by atoms with Crippen molar-refractivity contribution in [1.29, 1.82) is 0 Å². The standard InChI is InChI=1S/C23H31N7O4/c24-15(21(26)33)9-8-14(7-6-13-4-2-1-3-5-13)10-16-18(31)19(32)23(34-16)30-12-29-17-20(25)27-11-28-22(17)30/h1-5,11-12,14-16,18-19,23,31-32H,6-10,24H2,(H2,26,33)(H2,25,27,28)/t14-,15-,16+,18-,19?,23+/m0/s1. The van der Waals surface area contributed by atoms with Crippen LogP contribution in [0.25, 0.3) is 11.2 Å². The first-order valence-corrected chi connectivity index (χ1v) is 11.4. The summed E-state index contributed by atoms with van der Waals surface area (Å²) in [5.41, 5.74) is 19.1. The average molecular weight is 470 g/mol. The first-order chi connectivity index (χ1) is 16.3. The van der Waals surface area contributed by atoms with Gasteiger partial charge in [-0.1, -0.05) is 30.3 Å². The third-order valence-corrected chi connectivity index (χ3v) is 6.50. The molecule has 1 amide bonds. The summed E-state index contributed by atoms with van der Waals surface area (Å²) in [5, 5.41) is 21.5. The maximum atomic E-state index is 11.4. The number of aryl methyl sites for hydroxylation is 1. The molecule has 0 saturated carbocycles. The van der Waals surface area contributed by atoms with Crippen molar-refractivity contribution < 1.29 is 19.7 Å². The minimum absolute atomic E-state index is 0.0914. The molecule has 0 spiro atoms. The van der Waals surface area contributed by atoms with Gasteiger partial charge in [-0.3, -0.25) is 9.36 Å². The van der Waals surface area contributed by atoms with Crippen molar-refractivity contribution in [1.82, 2.24) is 19.5 Å². The minimum atomic E-state index is -1.18. The van der Waals surface area contributed by atoms with E-state index in [1.54, 1.807) is 4.57 Å². The number of aromatic nitrogens is 4. The molecule has 11 nitrogen and oxygen atoms in total. The average Bonchev–Trinajstić information content (AvgIpc) is 3.38. The molecule has 182 valence electrons. The molecule has 3 heterocycles. The normalized spacial score (nSPS) is 24.3. The van der Waals surface area contributed by atoms with Crippen molar-refractivity contribution in [3.05, 3.63) is 48.5 Å². The lowest BCUT2D eigenvalue weighted by molar-refractivity contribution is -0.119. The number of rotatable bonds is 10. The number of fused-ring (bicyclic) bond motifs is 1. The number of nitrogens with two attached hydrogens (primary N) is 3. The van der Waals surface area contributed by atoms with Crippen molar-refractivity contribution in [3.8, 4) is 0 Å². The Kier molecular flexibility index (Phi) is 7.37. The fourth-order valence-electron chi connectivity index (χ4n) is 4.49. The highest BCUT2D eigenvalue weighted by molar-refractivity contribution is 5.81. The number of hydrogen-bond donors (Lipinski definition) is 5. The Bertz CT molecular complexity index is 1110. The second-order valence-electron chi connectivity index (χ2n) is 8.84. The van der Waals surface area contributed by atoms with Gasteiger partial charge < -0.3 is 32.2 Å². The number of hydrogen-bond acceptors (Lipinski definition) is 9. The Hall–Kier alpha value is -3.12. The first-order valence-electron chi connectivity index (χ1n) is 11.4. The van der Waals surface area contributed by atoms with E-state index in [1.165, 1.54) is 18.2 Å². The summed E-state index contributed by atoms with van der Waals surface area (Å²) in [7, 11) is 0. The molecule has 34 heavy (non-hydrogen) atoms. The number of primary amides is 1. The van der Waals surface area contributed by atoms with Crippen molar-refractivity contribution >= 4 is 22.9 Å². The number of amides is 1. The maximum Gasteiger partial charge on any atom is 0.234 e. The summed E-state index contributed by atoms with van der Waals surface area (Å²) in [6.07, 6.45) is 2.19. The van der Waals surface area contributed by atoms with E-state index >= 15 is 0 Å². The molecule has 11 heteroatoms. The van der Waals surface area contributed by atoms with E-state index in [-0.39, 0.29) is 11.7 Å². The molecule has 4 rings (SSSR count). The van der Waals surface area contributed by atoms with Gasteiger partial charge in [0.2, 0.25) is 5.91 Å². The second kappa shape index (κ2) is 10.4. The van der Waals surface area contributed by atoms with E-state index < -0.39 is 36.5 Å². The van der Waals surface area contributed by atoms with E-state index in [1.807, 2.05) is 18.2 Å². The largest absolute Gasteiger partial charge is 0.388 e.